The van der Waals surface area contributed by atoms with E-state index in [4.69, 9.17) is 14.2 Å². The molecule has 0 saturated carbocycles. The first-order chi connectivity index (χ1) is 31.5. The molecule has 0 aliphatic heterocycles. The van der Waals surface area contributed by atoms with Gasteiger partial charge in [0.2, 0.25) is 0 Å². The van der Waals surface area contributed by atoms with Gasteiger partial charge in [-0.1, -0.05) is 277 Å². The van der Waals surface area contributed by atoms with Crippen LogP contribution < -0.4 is 0 Å². The molecule has 64 heavy (non-hydrogen) atoms. The Kier molecular flexibility index (Phi) is 52.2. The van der Waals surface area contributed by atoms with Crippen molar-refractivity contribution in [3.63, 3.8) is 0 Å². The topological polar surface area (TPSA) is 78.9 Å². The zero-order valence-corrected chi connectivity index (χ0v) is 43.3. The molecule has 0 amide bonds. The first kappa shape index (κ1) is 62.1. The van der Waals surface area contributed by atoms with E-state index in [1.165, 1.54) is 218 Å². The number of esters is 3. The Hall–Kier alpha value is -1.85. The molecule has 1 atom stereocenters. The van der Waals surface area contributed by atoms with Crippen LogP contribution in [0.25, 0.3) is 0 Å². The highest BCUT2D eigenvalue weighted by atomic mass is 16.6. The van der Waals surface area contributed by atoms with Gasteiger partial charge >= 0.3 is 17.9 Å². The Bertz CT molecular complexity index is 993. The van der Waals surface area contributed by atoms with Crippen LogP contribution >= 0.6 is 0 Å². The van der Waals surface area contributed by atoms with E-state index < -0.39 is 6.10 Å². The summed E-state index contributed by atoms with van der Waals surface area (Å²) in [4.78, 5) is 37.9. The average molecular weight is 904 g/mol. The van der Waals surface area contributed by atoms with Crippen molar-refractivity contribution in [2.75, 3.05) is 13.2 Å². The molecule has 0 aliphatic rings. The fraction of sp³-hybridized carbons (Fsp3) is 0.914. The van der Waals surface area contributed by atoms with Gasteiger partial charge in [0.05, 0.1) is 0 Å². The average Bonchev–Trinajstić information content (AvgIpc) is 3.29. The smallest absolute Gasteiger partial charge is 0.306 e. The highest BCUT2D eigenvalue weighted by Crippen LogP contribution is 2.17. The summed E-state index contributed by atoms with van der Waals surface area (Å²) in [6, 6.07) is 0. The molecule has 0 fully saturated rings. The van der Waals surface area contributed by atoms with Gasteiger partial charge < -0.3 is 14.2 Å². The lowest BCUT2D eigenvalue weighted by molar-refractivity contribution is -0.167. The normalized spacial score (nSPS) is 12.0. The van der Waals surface area contributed by atoms with Crippen LogP contribution in [0.2, 0.25) is 0 Å². The Morgan fingerprint density at radius 1 is 0.297 bits per heavy atom. The summed E-state index contributed by atoms with van der Waals surface area (Å²) in [5, 5.41) is 0. The summed E-state index contributed by atoms with van der Waals surface area (Å²) in [7, 11) is 0. The number of rotatable bonds is 53. The number of allylic oxidation sites excluding steroid dienone is 2. The summed E-state index contributed by atoms with van der Waals surface area (Å²) >= 11 is 0. The van der Waals surface area contributed by atoms with E-state index in [2.05, 4.69) is 32.9 Å². The fourth-order valence-electron chi connectivity index (χ4n) is 8.66. The molecule has 378 valence electrons. The van der Waals surface area contributed by atoms with E-state index >= 15 is 0 Å². The number of carbonyl (C=O) groups is 3. The minimum Gasteiger partial charge on any atom is -0.462 e. The number of hydrogen-bond donors (Lipinski definition) is 0. The maximum atomic E-state index is 12.8. The van der Waals surface area contributed by atoms with Gasteiger partial charge in [0.15, 0.2) is 6.10 Å². The summed E-state index contributed by atoms with van der Waals surface area (Å²) < 4.78 is 16.8. The lowest BCUT2D eigenvalue weighted by Gasteiger charge is -2.18. The van der Waals surface area contributed by atoms with Crippen molar-refractivity contribution in [2.24, 2.45) is 0 Å². The van der Waals surface area contributed by atoms with Gasteiger partial charge in [-0.2, -0.15) is 0 Å². The van der Waals surface area contributed by atoms with Crippen LogP contribution in [0.3, 0.4) is 0 Å². The second kappa shape index (κ2) is 53.8. The minimum absolute atomic E-state index is 0.0681. The van der Waals surface area contributed by atoms with E-state index in [0.29, 0.717) is 19.3 Å². The number of hydrogen-bond acceptors (Lipinski definition) is 6. The van der Waals surface area contributed by atoms with Crippen molar-refractivity contribution in [1.82, 2.24) is 0 Å². The van der Waals surface area contributed by atoms with E-state index in [1.807, 2.05) is 0 Å². The fourth-order valence-corrected chi connectivity index (χ4v) is 8.66. The van der Waals surface area contributed by atoms with Crippen molar-refractivity contribution in [2.45, 2.75) is 329 Å². The molecule has 0 N–H and O–H groups in total. The highest BCUT2D eigenvalue weighted by molar-refractivity contribution is 5.71. The van der Waals surface area contributed by atoms with E-state index in [9.17, 15) is 14.4 Å². The van der Waals surface area contributed by atoms with Crippen LogP contribution in [0.5, 0.6) is 0 Å². The maximum Gasteiger partial charge on any atom is 0.306 e. The van der Waals surface area contributed by atoms with Crippen molar-refractivity contribution < 1.29 is 28.6 Å². The molecular weight excluding hydrogens is 793 g/mol. The van der Waals surface area contributed by atoms with Gasteiger partial charge in [-0.25, -0.2) is 0 Å². The molecule has 6 heteroatoms. The zero-order valence-electron chi connectivity index (χ0n) is 43.3. The van der Waals surface area contributed by atoms with Crippen LogP contribution in [0.4, 0.5) is 0 Å². The van der Waals surface area contributed by atoms with Gasteiger partial charge in [-0.3, -0.25) is 14.4 Å². The molecule has 1 unspecified atom stereocenters. The van der Waals surface area contributed by atoms with Crippen LogP contribution in [0.1, 0.15) is 323 Å². The third-order valence-corrected chi connectivity index (χ3v) is 13.0. The largest absolute Gasteiger partial charge is 0.462 e. The number of ether oxygens (including phenoxy) is 3. The second-order valence-corrected chi connectivity index (χ2v) is 19.6. The quantitative estimate of drug-likeness (QED) is 0.0262. The molecule has 0 aromatic carbocycles. The van der Waals surface area contributed by atoms with Crippen molar-refractivity contribution in [3.8, 4) is 0 Å². The summed E-state index contributed by atoms with van der Waals surface area (Å²) in [6.45, 7) is 6.63. The van der Waals surface area contributed by atoms with Crippen LogP contribution in [0, 0.1) is 0 Å². The van der Waals surface area contributed by atoms with Gasteiger partial charge in [0.1, 0.15) is 13.2 Å². The van der Waals surface area contributed by atoms with Crippen LogP contribution in [0.15, 0.2) is 12.2 Å². The zero-order chi connectivity index (χ0) is 46.5. The molecule has 0 saturated heterocycles. The first-order valence-corrected chi connectivity index (χ1v) is 28.7. The molecule has 6 nitrogen and oxygen atoms in total. The van der Waals surface area contributed by atoms with Gasteiger partial charge in [-0.05, 0) is 38.5 Å². The van der Waals surface area contributed by atoms with Crippen LogP contribution in [-0.2, 0) is 28.6 Å². The minimum atomic E-state index is -0.767. The molecule has 0 aliphatic carbocycles. The molecular formula is C58H110O6. The molecule has 0 heterocycles. The van der Waals surface area contributed by atoms with Crippen molar-refractivity contribution in [1.29, 1.82) is 0 Å². The lowest BCUT2D eigenvalue weighted by atomic mass is 10.0. The highest BCUT2D eigenvalue weighted by Gasteiger charge is 2.19. The van der Waals surface area contributed by atoms with E-state index in [1.54, 1.807) is 0 Å². The predicted molar refractivity (Wildman–Crippen MR) is 275 cm³/mol. The van der Waals surface area contributed by atoms with Crippen molar-refractivity contribution in [3.05, 3.63) is 12.2 Å². The van der Waals surface area contributed by atoms with E-state index in [0.717, 1.165) is 64.2 Å². The molecule has 0 radical (unpaired) electrons. The van der Waals surface area contributed by atoms with Gasteiger partial charge in [0.25, 0.3) is 0 Å². The standard InChI is InChI=1S/C58H110O6/c1-4-7-10-13-16-19-22-23-24-25-26-27-28-29-30-31-32-33-34-35-37-39-42-45-48-51-57(60)63-54-55(53-62-56(59)50-47-44-41-38-21-18-15-12-9-6-3)64-58(61)52-49-46-43-40-36-20-17-14-11-8-5-2/h14,17,55H,4-13,15-16,18-54H2,1-3H3/b17-14-. The SMILES string of the molecule is CCCC/C=C\CCCCCCCC(=O)OC(COC(=O)CCCCCCCCCCCC)COC(=O)CCCCCCCCCCCCCCCCCCCCCCCCCCC. The first-order valence-electron chi connectivity index (χ1n) is 28.7. The molecule has 0 spiro atoms. The maximum absolute atomic E-state index is 12.8. The Balaban J connectivity index is 4.09. The summed E-state index contributed by atoms with van der Waals surface area (Å²) in [5.41, 5.74) is 0. The molecule has 0 aromatic heterocycles. The molecule has 0 rings (SSSR count). The Labute approximate surface area is 399 Å². The van der Waals surface area contributed by atoms with Crippen molar-refractivity contribution >= 4 is 17.9 Å². The third kappa shape index (κ3) is 51.1. The summed E-state index contributed by atoms with van der Waals surface area (Å²) in [6.07, 6.45) is 60.8. The predicted octanol–water partition coefficient (Wildman–Crippen LogP) is 18.9. The molecule has 0 aromatic rings. The van der Waals surface area contributed by atoms with Gasteiger partial charge in [0, 0.05) is 19.3 Å². The lowest BCUT2D eigenvalue weighted by Crippen LogP contribution is -2.30. The number of carbonyl (C=O) groups excluding carboxylic acids is 3. The Morgan fingerprint density at radius 3 is 0.828 bits per heavy atom. The van der Waals surface area contributed by atoms with Crippen LogP contribution in [-0.4, -0.2) is 37.2 Å². The summed E-state index contributed by atoms with van der Waals surface area (Å²) in [5.74, 6) is -0.861. The van der Waals surface area contributed by atoms with E-state index in [-0.39, 0.29) is 31.1 Å². The van der Waals surface area contributed by atoms with Gasteiger partial charge in [-0.15, -0.1) is 0 Å². The monoisotopic (exact) mass is 903 g/mol. The molecule has 0 bridgehead atoms. The third-order valence-electron chi connectivity index (χ3n) is 13.0. The number of unbranched alkanes of at least 4 members (excludes halogenated alkanes) is 40. The second-order valence-electron chi connectivity index (χ2n) is 19.6. The Morgan fingerprint density at radius 2 is 0.531 bits per heavy atom.